The highest BCUT2D eigenvalue weighted by molar-refractivity contribution is 14.2. The lowest BCUT2D eigenvalue weighted by Gasteiger charge is -2.23. The number of hydrogen-bond acceptors (Lipinski definition) is 5. The molecule has 27 heavy (non-hydrogen) atoms. The summed E-state index contributed by atoms with van der Waals surface area (Å²) in [6, 6.07) is 14.6. The van der Waals surface area contributed by atoms with Crippen LogP contribution >= 0.6 is 30.1 Å². The van der Waals surface area contributed by atoms with Crippen LogP contribution in [0.3, 0.4) is 0 Å². The smallest absolute Gasteiger partial charge is 0.227 e. The molecular weight excluding hydrogens is 467 g/mol. The van der Waals surface area contributed by atoms with E-state index in [9.17, 15) is 0 Å². The molecule has 1 aliphatic rings. The van der Waals surface area contributed by atoms with Crippen molar-refractivity contribution in [1.29, 1.82) is 0 Å². The number of rotatable bonds is 3. The Bertz CT molecular complexity index is 1010. The van der Waals surface area contributed by atoms with Crippen molar-refractivity contribution in [1.82, 2.24) is 15.3 Å². The van der Waals surface area contributed by atoms with Crippen LogP contribution in [0.15, 0.2) is 48.7 Å². The molecule has 2 aromatic carbocycles. The third kappa shape index (κ3) is 4.72. The topological polar surface area (TPSA) is 49.8 Å². The van der Waals surface area contributed by atoms with Gasteiger partial charge in [-0.1, -0.05) is 18.1 Å². The lowest BCUT2D eigenvalue weighted by molar-refractivity contribution is 0.460. The minimum Gasteiger partial charge on any atom is -0.324 e. The Morgan fingerprint density at radius 2 is 2.04 bits per heavy atom. The van der Waals surface area contributed by atoms with Gasteiger partial charge in [0.1, 0.15) is 0 Å². The molecule has 3 aromatic rings. The van der Waals surface area contributed by atoms with Crippen LogP contribution in [0.4, 0.5) is 11.6 Å². The number of halogens is 1. The van der Waals surface area contributed by atoms with E-state index < -0.39 is 0 Å². The molecule has 136 valence electrons. The minimum atomic E-state index is 0.617. The van der Waals surface area contributed by atoms with Crippen molar-refractivity contribution in [2.75, 3.05) is 18.4 Å². The number of piperidine rings is 1. The Morgan fingerprint density at radius 1 is 1.15 bits per heavy atom. The molecule has 0 saturated carbocycles. The zero-order chi connectivity index (χ0) is 18.5. The number of hydrogen-bond donors (Lipinski definition) is 2. The highest BCUT2D eigenvalue weighted by Crippen LogP contribution is 2.28. The number of nitrogens with zero attached hydrogens (tertiary/aromatic N) is 2. The van der Waals surface area contributed by atoms with Crippen LogP contribution in [-0.2, 0) is 0 Å². The summed E-state index contributed by atoms with van der Waals surface area (Å²) in [6.45, 7) is 2.19. The maximum atomic E-state index is 4.65. The predicted molar refractivity (Wildman–Crippen MR) is 123 cm³/mol. The molecule has 0 unspecified atom stereocenters. The zero-order valence-corrected chi connectivity index (χ0v) is 17.7. The highest BCUT2D eigenvalue weighted by Gasteiger charge is 2.15. The molecular formula is C21H19IN4S. The van der Waals surface area contributed by atoms with Crippen LogP contribution < -0.4 is 10.6 Å². The van der Waals surface area contributed by atoms with Gasteiger partial charge in [-0.15, -0.1) is 0 Å². The van der Waals surface area contributed by atoms with Crippen LogP contribution in [0.5, 0.6) is 0 Å². The summed E-state index contributed by atoms with van der Waals surface area (Å²) in [5.74, 6) is 4.36. The Hall–Kier alpha value is -1.82. The fraction of sp³-hybridized carbons (Fsp3) is 0.238. The maximum absolute atomic E-state index is 4.65. The second-order valence-electron chi connectivity index (χ2n) is 6.55. The van der Waals surface area contributed by atoms with Crippen molar-refractivity contribution in [3.63, 3.8) is 0 Å². The monoisotopic (exact) mass is 486 g/mol. The molecule has 1 aromatic heterocycles. The minimum absolute atomic E-state index is 0.617. The van der Waals surface area contributed by atoms with E-state index in [0.29, 0.717) is 11.9 Å². The first-order valence-electron chi connectivity index (χ1n) is 8.95. The third-order valence-corrected chi connectivity index (χ3v) is 5.61. The lowest BCUT2D eigenvalue weighted by atomic mass is 9.90. The predicted octanol–water partition coefficient (Wildman–Crippen LogP) is 5.23. The Balaban J connectivity index is 1.54. The van der Waals surface area contributed by atoms with E-state index in [2.05, 4.69) is 77.2 Å². The molecule has 0 amide bonds. The average molecular weight is 486 g/mol. The summed E-state index contributed by atoms with van der Waals surface area (Å²) in [5, 5.41) is 10.8. The molecule has 1 fully saturated rings. The van der Waals surface area contributed by atoms with Gasteiger partial charge in [0.15, 0.2) is 0 Å². The molecule has 1 aliphatic heterocycles. The second kappa shape index (κ2) is 8.91. The number of fused-ring (bicyclic) bond motifs is 1. The number of nitrogens with one attached hydrogen (secondary N) is 2. The lowest BCUT2D eigenvalue weighted by Crippen LogP contribution is -2.26. The first kappa shape index (κ1) is 18.5. The van der Waals surface area contributed by atoms with Gasteiger partial charge in [0, 0.05) is 44.0 Å². The van der Waals surface area contributed by atoms with Gasteiger partial charge in [-0.05, 0) is 81.9 Å². The first-order valence-corrected chi connectivity index (χ1v) is 12.3. The summed E-state index contributed by atoms with van der Waals surface area (Å²) >= 11 is 2.17. The Morgan fingerprint density at radius 3 is 2.89 bits per heavy atom. The molecule has 0 bridgehead atoms. The van der Waals surface area contributed by atoms with Crippen LogP contribution in [0, 0.1) is 11.2 Å². The molecule has 0 spiro atoms. The molecule has 1 saturated heterocycles. The highest BCUT2D eigenvalue weighted by atomic mass is 127. The van der Waals surface area contributed by atoms with Crippen molar-refractivity contribution < 1.29 is 0 Å². The Kier molecular flexibility index (Phi) is 6.12. The van der Waals surface area contributed by atoms with Gasteiger partial charge in [0.05, 0.1) is 5.52 Å². The standard InChI is InChI=1S/C21H19IN4S/c22-27-11-8-15-4-5-20-18(12-15)14-24-21(26-20)25-19-3-1-2-17(13-19)16-6-9-23-10-7-16/h1-5,12-14,16,23H,6-7,9-10H2,(H,24,25,26). The van der Waals surface area contributed by atoms with Gasteiger partial charge in [-0.3, -0.25) is 0 Å². The molecule has 0 atom stereocenters. The fourth-order valence-electron chi connectivity index (χ4n) is 3.40. The van der Waals surface area contributed by atoms with E-state index >= 15 is 0 Å². The van der Waals surface area contributed by atoms with Gasteiger partial charge >= 0.3 is 0 Å². The summed E-state index contributed by atoms with van der Waals surface area (Å²) < 4.78 is 0. The Labute approximate surface area is 175 Å². The van der Waals surface area contributed by atoms with Crippen LogP contribution in [0.2, 0.25) is 0 Å². The van der Waals surface area contributed by atoms with Crippen molar-refractivity contribution in [2.24, 2.45) is 0 Å². The number of benzene rings is 2. The summed E-state index contributed by atoms with van der Waals surface area (Å²) in [4.78, 5) is 9.13. The molecule has 0 radical (unpaired) electrons. The molecule has 0 aliphatic carbocycles. The van der Waals surface area contributed by atoms with Gasteiger partial charge < -0.3 is 10.6 Å². The van der Waals surface area contributed by atoms with Crippen LogP contribution in [-0.4, -0.2) is 23.1 Å². The molecule has 6 heteroatoms. The van der Waals surface area contributed by atoms with E-state index in [1.807, 2.05) is 24.4 Å². The van der Waals surface area contributed by atoms with E-state index in [-0.39, 0.29) is 0 Å². The third-order valence-electron chi connectivity index (χ3n) is 4.77. The van der Waals surface area contributed by atoms with Crippen molar-refractivity contribution in [3.05, 3.63) is 59.8 Å². The molecule has 2 N–H and O–H groups in total. The van der Waals surface area contributed by atoms with Crippen LogP contribution in [0.25, 0.3) is 10.9 Å². The molecule has 4 nitrogen and oxygen atoms in total. The molecule has 2 heterocycles. The average Bonchev–Trinajstić information content (AvgIpc) is 2.73. The van der Waals surface area contributed by atoms with Crippen molar-refractivity contribution >= 4 is 52.7 Å². The van der Waals surface area contributed by atoms with E-state index in [4.69, 9.17) is 0 Å². The first-order chi connectivity index (χ1) is 13.3. The normalized spacial score (nSPS) is 14.6. The van der Waals surface area contributed by atoms with Gasteiger partial charge in [-0.2, -0.15) is 0 Å². The largest absolute Gasteiger partial charge is 0.324 e. The van der Waals surface area contributed by atoms with Gasteiger partial charge in [-0.25, -0.2) is 9.97 Å². The summed E-state index contributed by atoms with van der Waals surface area (Å²) in [5.41, 5.74) is 4.31. The van der Waals surface area contributed by atoms with E-state index in [1.54, 1.807) is 0 Å². The molecule has 4 rings (SSSR count). The maximum Gasteiger partial charge on any atom is 0.227 e. The zero-order valence-electron chi connectivity index (χ0n) is 14.7. The number of anilines is 2. The van der Waals surface area contributed by atoms with Gasteiger partial charge in [0.25, 0.3) is 0 Å². The van der Waals surface area contributed by atoms with E-state index in [1.165, 1.54) is 27.3 Å². The van der Waals surface area contributed by atoms with E-state index in [0.717, 1.165) is 35.2 Å². The van der Waals surface area contributed by atoms with Crippen molar-refractivity contribution in [2.45, 2.75) is 18.8 Å². The summed E-state index contributed by atoms with van der Waals surface area (Å²) in [6.07, 6.45) is 4.23. The van der Waals surface area contributed by atoms with Crippen LogP contribution in [0.1, 0.15) is 29.9 Å². The summed E-state index contributed by atoms with van der Waals surface area (Å²) in [7, 11) is 1.48. The quantitative estimate of drug-likeness (QED) is 0.392. The fourth-order valence-corrected chi connectivity index (χ4v) is 3.89. The SMILES string of the molecule is ISC#Cc1ccc2nc(Nc3cccc(C4CCNCC4)c3)ncc2c1. The number of aromatic nitrogens is 2. The van der Waals surface area contributed by atoms with Gasteiger partial charge in [0.2, 0.25) is 5.95 Å². The second-order valence-corrected chi connectivity index (χ2v) is 8.23. The van der Waals surface area contributed by atoms with Crippen molar-refractivity contribution in [3.8, 4) is 11.2 Å².